The van der Waals surface area contributed by atoms with Crippen LogP contribution in [0.1, 0.15) is 30.1 Å². The van der Waals surface area contributed by atoms with Crippen LogP contribution in [0.4, 0.5) is 0 Å². The fraction of sp³-hybridized carbons (Fsp3) is 0.625. The van der Waals surface area contributed by atoms with Crippen molar-refractivity contribution in [3.63, 3.8) is 0 Å². The van der Waals surface area contributed by atoms with Crippen molar-refractivity contribution < 1.29 is 4.52 Å². The number of nitrogens with one attached hydrogen (secondary N) is 1. The van der Waals surface area contributed by atoms with Gasteiger partial charge in [-0.05, 0) is 19.3 Å². The van der Waals surface area contributed by atoms with Gasteiger partial charge >= 0.3 is 0 Å². The summed E-state index contributed by atoms with van der Waals surface area (Å²) in [7, 11) is 0. The molecule has 1 aromatic heterocycles. The van der Waals surface area contributed by atoms with E-state index in [-0.39, 0.29) is 11.5 Å². The molecule has 0 radical (unpaired) electrons. The van der Waals surface area contributed by atoms with Crippen molar-refractivity contribution in [2.75, 3.05) is 6.54 Å². The van der Waals surface area contributed by atoms with E-state index < -0.39 is 0 Å². The monoisotopic (exact) mass is 168 g/mol. The Morgan fingerprint density at radius 2 is 2.50 bits per heavy atom. The Balaban J connectivity index is 2.45. The first-order valence-electron chi connectivity index (χ1n) is 4.23. The number of rotatable bonds is 1. The molecule has 3 N–H and O–H groups in total. The lowest BCUT2D eigenvalue weighted by atomic mass is 9.89. The Bertz CT molecular complexity index is 326. The zero-order valence-corrected chi connectivity index (χ0v) is 6.80. The molecule has 0 aromatic carbocycles. The predicted molar refractivity (Wildman–Crippen MR) is 44.1 cm³/mol. The molecule has 0 bridgehead atoms. The second-order valence-electron chi connectivity index (χ2n) is 3.20. The van der Waals surface area contributed by atoms with Crippen LogP contribution in [0, 0.1) is 0 Å². The summed E-state index contributed by atoms with van der Waals surface area (Å²) in [6, 6.07) is 0. The quantitative estimate of drug-likeness (QED) is 0.635. The molecule has 4 heteroatoms. The Labute approximate surface area is 69.7 Å². The zero-order valence-electron chi connectivity index (χ0n) is 6.80. The molecule has 0 fully saturated rings. The van der Waals surface area contributed by atoms with E-state index in [1.54, 1.807) is 0 Å². The van der Waals surface area contributed by atoms with E-state index >= 15 is 0 Å². The molecule has 2 rings (SSSR count). The number of hydrogen-bond acceptors (Lipinski definition) is 3. The van der Waals surface area contributed by atoms with E-state index in [1.807, 2.05) is 0 Å². The van der Waals surface area contributed by atoms with Crippen LogP contribution in [0.2, 0.25) is 0 Å². The maximum absolute atomic E-state index is 11.1. The molecular weight excluding hydrogens is 156 g/mol. The average molecular weight is 168 g/mol. The van der Waals surface area contributed by atoms with Gasteiger partial charge in [-0.1, -0.05) is 0 Å². The molecule has 0 amide bonds. The van der Waals surface area contributed by atoms with Gasteiger partial charge in [-0.25, -0.2) is 0 Å². The molecular formula is C8H12N2O2. The molecule has 1 unspecified atom stereocenters. The molecule has 0 aliphatic heterocycles. The minimum absolute atomic E-state index is 0.0804. The fourth-order valence-corrected chi connectivity index (χ4v) is 1.78. The molecule has 66 valence electrons. The van der Waals surface area contributed by atoms with Crippen molar-refractivity contribution in [1.29, 1.82) is 0 Å². The highest BCUT2D eigenvalue weighted by Gasteiger charge is 2.25. The van der Waals surface area contributed by atoms with Crippen molar-refractivity contribution in [2.24, 2.45) is 5.73 Å². The van der Waals surface area contributed by atoms with E-state index in [9.17, 15) is 4.79 Å². The first kappa shape index (κ1) is 7.61. The highest BCUT2D eigenvalue weighted by molar-refractivity contribution is 5.21. The summed E-state index contributed by atoms with van der Waals surface area (Å²) < 4.78 is 5.07. The minimum Gasteiger partial charge on any atom is -0.383 e. The van der Waals surface area contributed by atoms with Crippen molar-refractivity contribution >= 4 is 0 Å². The van der Waals surface area contributed by atoms with Crippen LogP contribution in [-0.4, -0.2) is 11.7 Å². The molecule has 1 aliphatic carbocycles. The molecule has 12 heavy (non-hydrogen) atoms. The Kier molecular flexibility index (Phi) is 1.77. The third-order valence-electron chi connectivity index (χ3n) is 2.46. The smallest absolute Gasteiger partial charge is 0.283 e. The maximum atomic E-state index is 11.1. The molecule has 0 saturated carbocycles. The molecule has 1 aromatic rings. The maximum Gasteiger partial charge on any atom is 0.283 e. The number of aromatic nitrogens is 1. The van der Waals surface area contributed by atoms with E-state index in [2.05, 4.69) is 5.16 Å². The van der Waals surface area contributed by atoms with E-state index in [1.165, 1.54) is 0 Å². The Hall–Kier alpha value is -1.03. The van der Waals surface area contributed by atoms with Crippen LogP contribution in [0.3, 0.4) is 0 Å². The van der Waals surface area contributed by atoms with Gasteiger partial charge < -0.3 is 10.3 Å². The van der Waals surface area contributed by atoms with Gasteiger partial charge in [-0.3, -0.25) is 4.79 Å². The SMILES string of the molecule is NCC1CCCc2c1o[nH]c2=O. The summed E-state index contributed by atoms with van der Waals surface area (Å²) in [6.07, 6.45) is 2.90. The Morgan fingerprint density at radius 1 is 1.67 bits per heavy atom. The third-order valence-corrected chi connectivity index (χ3v) is 2.46. The average Bonchev–Trinajstić information content (AvgIpc) is 2.48. The highest BCUT2D eigenvalue weighted by Crippen LogP contribution is 2.28. The standard InChI is InChI=1S/C8H12N2O2/c9-4-5-2-1-3-6-7(5)12-10-8(6)11/h5H,1-4,9H2,(H,10,11). The lowest BCUT2D eigenvalue weighted by Gasteiger charge is -2.16. The number of aromatic amines is 1. The van der Waals surface area contributed by atoms with Crippen LogP contribution in [0.25, 0.3) is 0 Å². The molecule has 4 nitrogen and oxygen atoms in total. The second-order valence-corrected chi connectivity index (χ2v) is 3.20. The first-order valence-corrected chi connectivity index (χ1v) is 4.23. The van der Waals surface area contributed by atoms with Gasteiger partial charge in [0.05, 0.1) is 5.56 Å². The topological polar surface area (TPSA) is 72.0 Å². The number of H-pyrrole nitrogens is 1. The lowest BCUT2D eigenvalue weighted by molar-refractivity contribution is 0.340. The summed E-state index contributed by atoms with van der Waals surface area (Å²) in [5.41, 5.74) is 6.27. The van der Waals surface area contributed by atoms with Crippen LogP contribution < -0.4 is 11.3 Å². The van der Waals surface area contributed by atoms with Crippen LogP contribution in [-0.2, 0) is 6.42 Å². The van der Waals surface area contributed by atoms with Gasteiger partial charge in [-0.2, -0.15) is 5.16 Å². The third kappa shape index (κ3) is 0.992. The normalized spacial score (nSPS) is 22.2. The summed E-state index contributed by atoms with van der Waals surface area (Å²) in [4.78, 5) is 11.1. The summed E-state index contributed by atoms with van der Waals surface area (Å²) in [6.45, 7) is 0.563. The molecule has 1 aliphatic rings. The van der Waals surface area contributed by atoms with Gasteiger partial charge in [-0.15, -0.1) is 0 Å². The second kappa shape index (κ2) is 2.79. The van der Waals surface area contributed by atoms with Crippen molar-refractivity contribution in [1.82, 2.24) is 5.16 Å². The van der Waals surface area contributed by atoms with Gasteiger partial charge in [0.2, 0.25) is 0 Å². The number of nitrogens with two attached hydrogens (primary N) is 1. The largest absolute Gasteiger partial charge is 0.383 e. The van der Waals surface area contributed by atoms with Crippen LogP contribution in [0.15, 0.2) is 9.32 Å². The first-order chi connectivity index (χ1) is 5.83. The minimum atomic E-state index is -0.0804. The van der Waals surface area contributed by atoms with Gasteiger partial charge in [0.15, 0.2) is 0 Å². The van der Waals surface area contributed by atoms with Gasteiger partial charge in [0, 0.05) is 12.5 Å². The van der Waals surface area contributed by atoms with E-state index in [0.717, 1.165) is 30.6 Å². The van der Waals surface area contributed by atoms with Crippen molar-refractivity contribution in [3.8, 4) is 0 Å². The van der Waals surface area contributed by atoms with Crippen molar-refractivity contribution in [2.45, 2.75) is 25.2 Å². The molecule has 0 saturated heterocycles. The number of hydrogen-bond donors (Lipinski definition) is 2. The van der Waals surface area contributed by atoms with Gasteiger partial charge in [0.25, 0.3) is 5.56 Å². The van der Waals surface area contributed by atoms with Gasteiger partial charge in [0.1, 0.15) is 5.76 Å². The van der Waals surface area contributed by atoms with E-state index in [0.29, 0.717) is 6.54 Å². The molecule has 0 spiro atoms. The lowest BCUT2D eigenvalue weighted by Crippen LogP contribution is -2.19. The van der Waals surface area contributed by atoms with Crippen molar-refractivity contribution in [3.05, 3.63) is 21.7 Å². The molecule has 1 heterocycles. The van der Waals surface area contributed by atoms with Crippen LogP contribution in [0.5, 0.6) is 0 Å². The number of fused-ring (bicyclic) bond motifs is 1. The summed E-state index contributed by atoms with van der Waals surface area (Å²) in [5, 5.41) is 2.36. The predicted octanol–water partition coefficient (Wildman–Crippen LogP) is 0.347. The van der Waals surface area contributed by atoms with E-state index in [4.69, 9.17) is 10.3 Å². The highest BCUT2D eigenvalue weighted by atomic mass is 16.5. The fourth-order valence-electron chi connectivity index (χ4n) is 1.78. The Morgan fingerprint density at radius 3 is 3.25 bits per heavy atom. The zero-order chi connectivity index (χ0) is 8.55. The molecule has 1 atom stereocenters. The van der Waals surface area contributed by atoms with Crippen LogP contribution >= 0.6 is 0 Å². The summed E-state index contributed by atoms with van der Waals surface area (Å²) >= 11 is 0. The summed E-state index contributed by atoms with van der Waals surface area (Å²) in [5.74, 6) is 1.03.